The Kier molecular flexibility index (Phi) is 8.41. The molecule has 5 atom stereocenters. The van der Waals surface area contributed by atoms with Crippen LogP contribution in [0.5, 0.6) is 0 Å². The molecular formula is C30H39NO2. The van der Waals surface area contributed by atoms with Crippen molar-refractivity contribution in [3.8, 4) is 0 Å². The zero-order valence-corrected chi connectivity index (χ0v) is 19.9. The highest BCUT2D eigenvalue weighted by atomic mass is 16.3. The predicted molar refractivity (Wildman–Crippen MR) is 137 cm³/mol. The van der Waals surface area contributed by atoms with Crippen molar-refractivity contribution in [2.24, 2.45) is 17.8 Å². The average Bonchev–Trinajstić information content (AvgIpc) is 3.31. The van der Waals surface area contributed by atoms with Crippen LogP contribution in [0.25, 0.3) is 0 Å². The molecule has 176 valence electrons. The maximum Gasteiger partial charge on any atom is 0.0761 e. The Labute approximate surface area is 199 Å². The zero-order valence-electron chi connectivity index (χ0n) is 19.9. The van der Waals surface area contributed by atoms with E-state index in [0.717, 1.165) is 24.9 Å². The van der Waals surface area contributed by atoms with Crippen molar-refractivity contribution in [3.63, 3.8) is 0 Å². The second kappa shape index (κ2) is 11.7. The maximum absolute atomic E-state index is 10.6. The molecule has 0 amide bonds. The van der Waals surface area contributed by atoms with Crippen molar-refractivity contribution in [1.82, 2.24) is 0 Å². The molecule has 0 aromatic heterocycles. The lowest BCUT2D eigenvalue weighted by Crippen LogP contribution is -2.18. The topological polar surface area (TPSA) is 52.5 Å². The van der Waals surface area contributed by atoms with E-state index in [0.29, 0.717) is 18.3 Å². The van der Waals surface area contributed by atoms with Crippen molar-refractivity contribution >= 4 is 5.69 Å². The van der Waals surface area contributed by atoms with Gasteiger partial charge in [0.25, 0.3) is 0 Å². The van der Waals surface area contributed by atoms with Crippen LogP contribution in [0.4, 0.5) is 5.69 Å². The molecule has 0 radical (unpaired) electrons. The molecule has 33 heavy (non-hydrogen) atoms. The van der Waals surface area contributed by atoms with Gasteiger partial charge >= 0.3 is 0 Å². The van der Waals surface area contributed by atoms with E-state index < -0.39 is 6.10 Å². The third-order valence-electron chi connectivity index (χ3n) is 7.31. The molecule has 0 spiro atoms. The molecule has 4 rings (SSSR count). The van der Waals surface area contributed by atoms with Gasteiger partial charge in [-0.15, -0.1) is 0 Å². The van der Waals surface area contributed by atoms with Gasteiger partial charge in [0.05, 0.1) is 12.2 Å². The summed E-state index contributed by atoms with van der Waals surface area (Å²) < 4.78 is 0. The highest BCUT2D eigenvalue weighted by Gasteiger charge is 2.43. The first-order chi connectivity index (χ1) is 16.1. The highest BCUT2D eigenvalue weighted by molar-refractivity contribution is 5.42. The summed E-state index contributed by atoms with van der Waals surface area (Å²) in [6, 6.07) is 18.7. The number of aryl methyl sites for hydroxylation is 1. The van der Waals surface area contributed by atoms with Gasteiger partial charge < -0.3 is 15.5 Å². The van der Waals surface area contributed by atoms with Gasteiger partial charge in [-0.3, -0.25) is 0 Å². The number of fused-ring (bicyclic) bond motifs is 1. The van der Waals surface area contributed by atoms with E-state index in [1.807, 2.05) is 18.2 Å². The summed E-state index contributed by atoms with van der Waals surface area (Å²) >= 11 is 0. The number of aliphatic hydroxyl groups excluding tert-OH is 2. The van der Waals surface area contributed by atoms with E-state index in [2.05, 4.69) is 66.9 Å². The second-order valence-corrected chi connectivity index (χ2v) is 9.99. The van der Waals surface area contributed by atoms with Gasteiger partial charge in [0.2, 0.25) is 0 Å². The molecule has 3 nitrogen and oxygen atoms in total. The molecule has 1 saturated carbocycles. The van der Waals surface area contributed by atoms with Gasteiger partial charge in [0, 0.05) is 24.6 Å². The van der Waals surface area contributed by atoms with Gasteiger partial charge in [-0.1, -0.05) is 78.3 Å². The Morgan fingerprint density at radius 3 is 2.73 bits per heavy atom. The number of hydrogen-bond acceptors (Lipinski definition) is 3. The lowest BCUT2D eigenvalue weighted by atomic mass is 9.88. The molecule has 0 bridgehead atoms. The van der Waals surface area contributed by atoms with Crippen LogP contribution in [0.3, 0.4) is 0 Å². The minimum absolute atomic E-state index is 0.158. The molecule has 3 N–H and O–H groups in total. The summed E-state index contributed by atoms with van der Waals surface area (Å²) in [6.45, 7) is 3.10. The summed E-state index contributed by atoms with van der Waals surface area (Å²) in [6.07, 6.45) is 13.1. The minimum atomic E-state index is -0.503. The molecular weight excluding hydrogens is 406 g/mol. The molecule has 2 aromatic carbocycles. The number of para-hydroxylation sites is 1. The van der Waals surface area contributed by atoms with Gasteiger partial charge in [0.1, 0.15) is 0 Å². The van der Waals surface area contributed by atoms with Crippen LogP contribution in [0.1, 0.15) is 49.7 Å². The number of nitrogens with one attached hydrogen (secondary N) is 1. The van der Waals surface area contributed by atoms with Gasteiger partial charge in [0.15, 0.2) is 0 Å². The summed E-state index contributed by atoms with van der Waals surface area (Å²) in [4.78, 5) is 0. The lowest BCUT2D eigenvalue weighted by Gasteiger charge is -2.19. The minimum Gasteiger partial charge on any atom is -0.392 e. The zero-order chi connectivity index (χ0) is 23.0. The van der Waals surface area contributed by atoms with Gasteiger partial charge in [-0.05, 0) is 68.6 Å². The van der Waals surface area contributed by atoms with Crippen LogP contribution < -0.4 is 5.32 Å². The van der Waals surface area contributed by atoms with Crippen molar-refractivity contribution in [3.05, 3.63) is 89.5 Å². The van der Waals surface area contributed by atoms with Crippen molar-refractivity contribution in [2.75, 3.05) is 11.9 Å². The first-order valence-corrected chi connectivity index (χ1v) is 12.7. The monoisotopic (exact) mass is 445 g/mol. The third kappa shape index (κ3) is 6.82. The molecule has 2 aromatic rings. The van der Waals surface area contributed by atoms with E-state index in [1.165, 1.54) is 36.9 Å². The Morgan fingerprint density at radius 1 is 1.06 bits per heavy atom. The van der Waals surface area contributed by atoms with E-state index in [-0.39, 0.29) is 12.0 Å². The summed E-state index contributed by atoms with van der Waals surface area (Å²) in [5, 5.41) is 24.6. The summed E-state index contributed by atoms with van der Waals surface area (Å²) in [7, 11) is 0. The number of allylic oxidation sites excluding steroid dienone is 2. The fourth-order valence-corrected chi connectivity index (χ4v) is 5.64. The largest absolute Gasteiger partial charge is 0.392 e. The Hall–Kier alpha value is -2.36. The van der Waals surface area contributed by atoms with Gasteiger partial charge in [-0.2, -0.15) is 0 Å². The van der Waals surface area contributed by atoms with E-state index in [4.69, 9.17) is 0 Å². The van der Waals surface area contributed by atoms with Gasteiger partial charge in [-0.25, -0.2) is 0 Å². The van der Waals surface area contributed by atoms with Crippen LogP contribution in [-0.4, -0.2) is 29.0 Å². The average molecular weight is 446 g/mol. The maximum atomic E-state index is 10.6. The highest BCUT2D eigenvalue weighted by Crippen LogP contribution is 2.48. The molecule has 0 aliphatic heterocycles. The Morgan fingerprint density at radius 2 is 1.91 bits per heavy atom. The Balaban J connectivity index is 1.18. The first kappa shape index (κ1) is 23.8. The van der Waals surface area contributed by atoms with Crippen LogP contribution in [0.2, 0.25) is 0 Å². The van der Waals surface area contributed by atoms with E-state index in [1.54, 1.807) is 5.57 Å². The molecule has 1 fully saturated rings. The smallest absolute Gasteiger partial charge is 0.0761 e. The number of benzene rings is 2. The van der Waals surface area contributed by atoms with Crippen LogP contribution in [0, 0.1) is 24.7 Å². The molecule has 2 aliphatic rings. The third-order valence-corrected chi connectivity index (χ3v) is 7.31. The number of anilines is 1. The lowest BCUT2D eigenvalue weighted by molar-refractivity contribution is 0.140. The van der Waals surface area contributed by atoms with Crippen molar-refractivity contribution in [1.29, 1.82) is 0 Å². The van der Waals surface area contributed by atoms with Crippen molar-refractivity contribution in [2.45, 2.75) is 64.1 Å². The quantitative estimate of drug-likeness (QED) is 0.291. The molecule has 0 heterocycles. The molecule has 3 heteroatoms. The number of unbranched alkanes of at least 4 members (excludes halogenated alkanes) is 2. The fourth-order valence-electron chi connectivity index (χ4n) is 5.64. The molecule has 0 saturated heterocycles. The fraction of sp³-hybridized carbons (Fsp3) is 0.467. The van der Waals surface area contributed by atoms with E-state index in [9.17, 15) is 10.2 Å². The SMILES string of the molecule is Cc1cccc(C[C@H](O)C=C[C@@H]2[C@H]3CC(CCCCCNc4ccccc4)=C[C@H]3C[C@H]2O)c1. The van der Waals surface area contributed by atoms with Crippen molar-refractivity contribution < 1.29 is 10.2 Å². The number of aliphatic hydroxyl groups is 2. The first-order valence-electron chi connectivity index (χ1n) is 12.7. The standard InChI is InChI=1S/C30H39NO2/c1-22-9-8-11-23(17-22)19-27(32)14-15-28-29-20-24(18-25(29)21-30(28)33)10-4-3-7-16-31-26-12-5-2-6-13-26/h2,5-6,8-9,11-15,17-18,25,27-33H,3-4,7,10,16,19-21H2,1H3/t25-,27+,28+,29-,30+/m0/s1. The summed E-state index contributed by atoms with van der Waals surface area (Å²) in [5.41, 5.74) is 5.15. The van der Waals surface area contributed by atoms with Crippen LogP contribution >= 0.6 is 0 Å². The summed E-state index contributed by atoms with van der Waals surface area (Å²) in [5.74, 6) is 1.15. The molecule has 0 unspecified atom stereocenters. The number of rotatable bonds is 11. The predicted octanol–water partition coefficient (Wildman–Crippen LogP) is 6.07. The van der Waals surface area contributed by atoms with Crippen LogP contribution in [-0.2, 0) is 6.42 Å². The molecule has 2 aliphatic carbocycles. The number of hydrogen-bond donors (Lipinski definition) is 3. The van der Waals surface area contributed by atoms with Crippen LogP contribution in [0.15, 0.2) is 78.4 Å². The second-order valence-electron chi connectivity index (χ2n) is 9.99. The Bertz CT molecular complexity index is 935. The van der Waals surface area contributed by atoms with E-state index >= 15 is 0 Å². The normalized spacial score (nSPS) is 25.2.